The maximum atomic E-state index is 13.3. The number of para-hydroxylation sites is 1. The van der Waals surface area contributed by atoms with E-state index in [4.69, 9.17) is 0 Å². The van der Waals surface area contributed by atoms with Crippen LogP contribution in [-0.4, -0.2) is 49.0 Å². The van der Waals surface area contributed by atoms with E-state index in [-0.39, 0.29) is 35.3 Å². The van der Waals surface area contributed by atoms with Gasteiger partial charge in [-0.05, 0) is 36.6 Å². The van der Waals surface area contributed by atoms with Gasteiger partial charge in [-0.1, -0.05) is 36.4 Å². The van der Waals surface area contributed by atoms with E-state index in [1.54, 1.807) is 35.2 Å². The Labute approximate surface area is 164 Å². The van der Waals surface area contributed by atoms with Crippen LogP contribution in [0.4, 0.5) is 5.69 Å². The predicted molar refractivity (Wildman–Crippen MR) is 104 cm³/mol. The maximum absolute atomic E-state index is 13.3. The first-order chi connectivity index (χ1) is 13.5. The zero-order chi connectivity index (χ0) is 19.5. The lowest BCUT2D eigenvalue weighted by Crippen LogP contribution is -2.70. The van der Waals surface area contributed by atoms with Gasteiger partial charge in [0.1, 0.15) is 0 Å². The van der Waals surface area contributed by atoms with Crippen LogP contribution < -0.4 is 4.90 Å². The summed E-state index contributed by atoms with van der Waals surface area (Å²) in [4.78, 5) is 14.9. The predicted octanol–water partition coefficient (Wildman–Crippen LogP) is 1.96. The SMILES string of the molecule is O=C(C1CC1)N1C[C@@H]2[C@H](c3ccccc31)[C@@H](CO)N2S(=O)(=O)c1ccccc1. The minimum absolute atomic E-state index is 0.0532. The number of amides is 1. The van der Waals surface area contributed by atoms with Crippen molar-refractivity contribution in [1.82, 2.24) is 4.31 Å². The van der Waals surface area contributed by atoms with Crippen LogP contribution in [0.3, 0.4) is 0 Å². The molecule has 2 aromatic carbocycles. The van der Waals surface area contributed by atoms with Crippen molar-refractivity contribution in [2.45, 2.75) is 35.7 Å². The van der Waals surface area contributed by atoms with Crippen LogP contribution in [0.25, 0.3) is 0 Å². The number of hydrogen-bond donors (Lipinski definition) is 1. The van der Waals surface area contributed by atoms with Crippen LogP contribution in [0.15, 0.2) is 59.5 Å². The Morgan fingerprint density at radius 1 is 1.04 bits per heavy atom. The van der Waals surface area contributed by atoms with Crippen LogP contribution in [0.1, 0.15) is 24.3 Å². The van der Waals surface area contributed by atoms with Gasteiger partial charge >= 0.3 is 0 Å². The number of sulfonamides is 1. The van der Waals surface area contributed by atoms with E-state index in [1.165, 1.54) is 4.31 Å². The normalized spacial score (nSPS) is 26.9. The Morgan fingerprint density at radius 2 is 1.71 bits per heavy atom. The Balaban J connectivity index is 1.57. The molecule has 2 fully saturated rings. The van der Waals surface area contributed by atoms with Gasteiger partial charge in [-0.2, -0.15) is 4.31 Å². The van der Waals surface area contributed by atoms with E-state index in [2.05, 4.69) is 0 Å². The third-order valence-corrected chi connectivity index (χ3v) is 8.10. The molecule has 28 heavy (non-hydrogen) atoms. The van der Waals surface area contributed by atoms with Crippen molar-refractivity contribution >= 4 is 21.6 Å². The molecule has 6 nitrogen and oxygen atoms in total. The first kappa shape index (κ1) is 17.8. The zero-order valence-electron chi connectivity index (χ0n) is 15.3. The lowest BCUT2D eigenvalue weighted by atomic mass is 9.74. The summed E-state index contributed by atoms with van der Waals surface area (Å²) in [5.41, 5.74) is 1.81. The van der Waals surface area contributed by atoms with Gasteiger partial charge in [0.15, 0.2) is 0 Å². The van der Waals surface area contributed by atoms with E-state index in [9.17, 15) is 18.3 Å². The van der Waals surface area contributed by atoms with Crippen molar-refractivity contribution in [1.29, 1.82) is 0 Å². The molecule has 1 saturated carbocycles. The second-order valence-corrected chi connectivity index (χ2v) is 9.62. The van der Waals surface area contributed by atoms with E-state index in [0.29, 0.717) is 6.54 Å². The van der Waals surface area contributed by atoms with Crippen molar-refractivity contribution in [3.63, 3.8) is 0 Å². The lowest BCUT2D eigenvalue weighted by Gasteiger charge is -2.57. The number of fused-ring (bicyclic) bond motifs is 3. The number of anilines is 1. The second kappa shape index (κ2) is 6.40. The zero-order valence-corrected chi connectivity index (χ0v) is 16.1. The van der Waals surface area contributed by atoms with Gasteiger partial charge in [-0.15, -0.1) is 0 Å². The highest BCUT2D eigenvalue weighted by Gasteiger charge is 2.58. The molecule has 1 amide bonds. The quantitative estimate of drug-likeness (QED) is 0.854. The summed E-state index contributed by atoms with van der Waals surface area (Å²) < 4.78 is 28.0. The molecule has 3 atom stereocenters. The summed E-state index contributed by atoms with van der Waals surface area (Å²) >= 11 is 0. The molecule has 2 aliphatic heterocycles. The van der Waals surface area contributed by atoms with E-state index >= 15 is 0 Å². The fourth-order valence-corrected chi connectivity index (χ4v) is 6.50. The van der Waals surface area contributed by atoms with E-state index in [1.807, 2.05) is 24.3 Å². The molecule has 2 aromatic rings. The first-order valence-corrected chi connectivity index (χ1v) is 11.1. The average molecular weight is 398 g/mol. The number of rotatable bonds is 4. The van der Waals surface area contributed by atoms with Crippen molar-refractivity contribution in [3.8, 4) is 0 Å². The van der Waals surface area contributed by atoms with Crippen molar-refractivity contribution in [2.24, 2.45) is 5.92 Å². The summed E-state index contributed by atoms with van der Waals surface area (Å²) in [5, 5.41) is 10.0. The summed E-state index contributed by atoms with van der Waals surface area (Å²) in [6, 6.07) is 15.1. The lowest BCUT2D eigenvalue weighted by molar-refractivity contribution is -0.120. The largest absolute Gasteiger partial charge is 0.395 e. The van der Waals surface area contributed by atoms with Gasteiger partial charge in [0.25, 0.3) is 0 Å². The molecule has 1 N–H and O–H groups in total. The number of aliphatic hydroxyl groups is 1. The van der Waals surface area contributed by atoms with Gasteiger partial charge in [-0.3, -0.25) is 4.79 Å². The number of carbonyl (C=O) groups excluding carboxylic acids is 1. The summed E-state index contributed by atoms with van der Waals surface area (Å²) in [7, 11) is -3.75. The molecule has 1 saturated heterocycles. The number of nitrogens with zero attached hydrogens (tertiary/aromatic N) is 2. The molecule has 0 spiro atoms. The summed E-state index contributed by atoms with van der Waals surface area (Å²) in [5.74, 6) is 0.0239. The molecule has 3 aliphatic rings. The van der Waals surface area contributed by atoms with E-state index in [0.717, 1.165) is 24.1 Å². The Morgan fingerprint density at radius 3 is 2.39 bits per heavy atom. The van der Waals surface area contributed by atoms with Crippen LogP contribution in [0.5, 0.6) is 0 Å². The van der Waals surface area contributed by atoms with Crippen LogP contribution in [-0.2, 0) is 14.8 Å². The van der Waals surface area contributed by atoms with Crippen molar-refractivity contribution in [3.05, 3.63) is 60.2 Å². The van der Waals surface area contributed by atoms with Gasteiger partial charge in [0.05, 0.1) is 23.6 Å². The average Bonchev–Trinajstić information content (AvgIpc) is 3.53. The van der Waals surface area contributed by atoms with Gasteiger partial charge < -0.3 is 10.0 Å². The smallest absolute Gasteiger partial charge is 0.243 e. The topological polar surface area (TPSA) is 77.9 Å². The van der Waals surface area contributed by atoms with Gasteiger partial charge in [0.2, 0.25) is 15.9 Å². The Kier molecular flexibility index (Phi) is 4.08. The van der Waals surface area contributed by atoms with E-state index < -0.39 is 16.1 Å². The molecule has 146 valence electrons. The third-order valence-electron chi connectivity index (χ3n) is 6.14. The van der Waals surface area contributed by atoms with Gasteiger partial charge in [-0.25, -0.2) is 8.42 Å². The third kappa shape index (κ3) is 2.53. The molecule has 7 heteroatoms. The van der Waals surface area contributed by atoms with Crippen LogP contribution in [0.2, 0.25) is 0 Å². The number of carbonyl (C=O) groups is 1. The minimum Gasteiger partial charge on any atom is -0.395 e. The highest BCUT2D eigenvalue weighted by atomic mass is 32.2. The van der Waals surface area contributed by atoms with Crippen LogP contribution in [0, 0.1) is 5.92 Å². The fraction of sp³-hybridized carbons (Fsp3) is 0.381. The highest BCUT2D eigenvalue weighted by molar-refractivity contribution is 7.89. The van der Waals surface area contributed by atoms with Crippen molar-refractivity contribution in [2.75, 3.05) is 18.1 Å². The fourth-order valence-electron chi connectivity index (χ4n) is 4.65. The standard InChI is InChI=1S/C21H22N2O4S/c24-13-19-20-16-8-4-5-9-17(16)22(21(25)14-10-11-14)12-18(20)23(19)28(26,27)15-6-2-1-3-7-15/h1-9,14,18-20,24H,10-13H2/t18-,19-,20+/m1/s1. The monoisotopic (exact) mass is 398 g/mol. The Hall–Kier alpha value is -2.22. The molecular weight excluding hydrogens is 376 g/mol. The summed E-state index contributed by atoms with van der Waals surface area (Å²) in [6.45, 7) is 0.0811. The minimum atomic E-state index is -3.75. The molecule has 1 aliphatic carbocycles. The number of aliphatic hydroxyl groups excluding tert-OH is 1. The molecular formula is C21H22N2O4S. The molecule has 5 rings (SSSR count). The summed E-state index contributed by atoms with van der Waals surface area (Å²) in [6.07, 6.45) is 1.80. The highest BCUT2D eigenvalue weighted by Crippen LogP contribution is 2.51. The van der Waals surface area contributed by atoms with Crippen LogP contribution >= 0.6 is 0 Å². The first-order valence-electron chi connectivity index (χ1n) is 9.64. The number of benzene rings is 2. The van der Waals surface area contributed by atoms with Crippen molar-refractivity contribution < 1.29 is 18.3 Å². The molecule has 0 bridgehead atoms. The Bertz CT molecular complexity index is 1020. The molecule has 2 heterocycles. The maximum Gasteiger partial charge on any atom is 0.243 e. The number of hydrogen-bond acceptors (Lipinski definition) is 4. The molecule has 0 aromatic heterocycles. The molecule has 0 unspecified atom stereocenters. The van der Waals surface area contributed by atoms with Gasteiger partial charge in [0, 0.05) is 24.1 Å². The second-order valence-electron chi connectivity index (χ2n) is 7.77. The molecule has 0 radical (unpaired) electrons.